The molecule has 9 N–H and O–H groups in total. The average Bonchev–Trinajstić information content (AvgIpc) is 3.24. The Hall–Kier alpha value is -2.05. The third-order valence-corrected chi connectivity index (χ3v) is 11.0. The number of carbonyl (C=O) groups is 1. The summed E-state index contributed by atoms with van der Waals surface area (Å²) in [6, 6.07) is -0.914. The minimum atomic E-state index is -1.79. The Labute approximate surface area is 359 Å². The van der Waals surface area contributed by atoms with E-state index in [1.165, 1.54) is 64.2 Å². The van der Waals surface area contributed by atoms with Crippen molar-refractivity contribution in [2.75, 3.05) is 19.8 Å². The second-order valence-electron chi connectivity index (χ2n) is 16.2. The van der Waals surface area contributed by atoms with Crippen LogP contribution >= 0.6 is 0 Å². The second-order valence-corrected chi connectivity index (χ2v) is 16.2. The van der Waals surface area contributed by atoms with E-state index in [1.54, 1.807) is 12.2 Å². The van der Waals surface area contributed by atoms with Gasteiger partial charge in [-0.1, -0.05) is 133 Å². The van der Waals surface area contributed by atoms with Gasteiger partial charge in [0.1, 0.15) is 48.8 Å². The van der Waals surface area contributed by atoms with Crippen LogP contribution in [-0.4, -0.2) is 140 Å². The number of unbranched alkanes of at least 4 members (excludes halogenated alkanes) is 14. The summed E-state index contributed by atoms with van der Waals surface area (Å²) in [7, 11) is 0. The molecule has 348 valence electrons. The van der Waals surface area contributed by atoms with E-state index in [-0.39, 0.29) is 18.9 Å². The lowest BCUT2D eigenvalue weighted by molar-refractivity contribution is -0.359. The van der Waals surface area contributed by atoms with Gasteiger partial charge in [0.15, 0.2) is 12.6 Å². The van der Waals surface area contributed by atoms with Crippen LogP contribution in [0.5, 0.6) is 0 Å². The third kappa shape index (κ3) is 21.4. The molecule has 2 aliphatic rings. The second kappa shape index (κ2) is 33.5. The smallest absolute Gasteiger partial charge is 0.220 e. The molecule has 2 fully saturated rings. The summed E-state index contributed by atoms with van der Waals surface area (Å²) in [5.74, 6) is -0.262. The van der Waals surface area contributed by atoms with Gasteiger partial charge in [-0.15, -0.1) is 0 Å². The van der Waals surface area contributed by atoms with Crippen molar-refractivity contribution < 1.29 is 64.6 Å². The summed E-state index contributed by atoms with van der Waals surface area (Å²) < 4.78 is 22.4. The molecule has 1 amide bonds. The van der Waals surface area contributed by atoms with Crippen LogP contribution in [-0.2, 0) is 23.7 Å². The summed E-state index contributed by atoms with van der Waals surface area (Å²) >= 11 is 0. The Morgan fingerprint density at radius 1 is 0.600 bits per heavy atom. The molecule has 0 saturated carbocycles. The number of nitrogens with one attached hydrogen (secondary N) is 1. The first-order valence-electron chi connectivity index (χ1n) is 22.9. The number of amides is 1. The number of ether oxygens (including phenoxy) is 4. The number of hydrogen-bond acceptors (Lipinski definition) is 13. The lowest BCUT2D eigenvalue weighted by Crippen LogP contribution is -2.65. The Morgan fingerprint density at radius 2 is 1.13 bits per heavy atom. The molecule has 0 radical (unpaired) electrons. The molecule has 0 spiro atoms. The molecule has 2 rings (SSSR count). The highest BCUT2D eigenvalue weighted by Crippen LogP contribution is 2.30. The van der Waals surface area contributed by atoms with E-state index in [4.69, 9.17) is 18.9 Å². The van der Waals surface area contributed by atoms with Crippen LogP contribution in [0.2, 0.25) is 0 Å². The van der Waals surface area contributed by atoms with Gasteiger partial charge in [0.2, 0.25) is 5.91 Å². The molecule has 0 bridgehead atoms. The average molecular weight is 856 g/mol. The van der Waals surface area contributed by atoms with Gasteiger partial charge in [-0.05, 0) is 51.4 Å². The number of rotatable bonds is 33. The minimum absolute atomic E-state index is 0.262. The summed E-state index contributed by atoms with van der Waals surface area (Å²) in [6.07, 6.45) is 21.3. The van der Waals surface area contributed by atoms with Crippen LogP contribution in [0.1, 0.15) is 142 Å². The van der Waals surface area contributed by atoms with Crippen molar-refractivity contribution in [1.29, 1.82) is 0 Å². The maximum atomic E-state index is 13.0. The van der Waals surface area contributed by atoms with Crippen molar-refractivity contribution in [1.82, 2.24) is 5.32 Å². The lowest BCUT2D eigenvalue weighted by atomic mass is 9.97. The van der Waals surface area contributed by atoms with Gasteiger partial charge in [0.05, 0.1) is 32.0 Å². The molecule has 14 heteroatoms. The first-order valence-corrected chi connectivity index (χ1v) is 22.9. The van der Waals surface area contributed by atoms with Gasteiger partial charge in [-0.25, -0.2) is 0 Å². The largest absolute Gasteiger partial charge is 0.394 e. The van der Waals surface area contributed by atoms with E-state index in [2.05, 4.69) is 48.7 Å². The highest BCUT2D eigenvalue weighted by Gasteiger charge is 2.50. The molecule has 12 atom stereocenters. The van der Waals surface area contributed by atoms with Crippen molar-refractivity contribution in [2.24, 2.45) is 0 Å². The highest BCUT2D eigenvalue weighted by molar-refractivity contribution is 5.76. The zero-order valence-electron chi connectivity index (χ0n) is 36.4. The maximum Gasteiger partial charge on any atom is 0.220 e. The van der Waals surface area contributed by atoms with Gasteiger partial charge >= 0.3 is 0 Å². The van der Waals surface area contributed by atoms with Gasteiger partial charge in [-0.2, -0.15) is 0 Å². The van der Waals surface area contributed by atoms with Crippen LogP contribution in [0.15, 0.2) is 48.6 Å². The highest BCUT2D eigenvalue weighted by atomic mass is 16.7. The van der Waals surface area contributed by atoms with Crippen molar-refractivity contribution in [3.8, 4) is 0 Å². The van der Waals surface area contributed by atoms with E-state index in [9.17, 15) is 45.6 Å². The molecule has 0 aliphatic carbocycles. The van der Waals surface area contributed by atoms with Crippen molar-refractivity contribution in [2.45, 2.75) is 216 Å². The molecule has 14 nitrogen and oxygen atoms in total. The molecule has 12 unspecified atom stereocenters. The van der Waals surface area contributed by atoms with Crippen LogP contribution in [0.3, 0.4) is 0 Å². The Morgan fingerprint density at radius 3 is 1.72 bits per heavy atom. The lowest BCUT2D eigenvalue weighted by Gasteiger charge is -2.46. The van der Waals surface area contributed by atoms with Crippen LogP contribution in [0.25, 0.3) is 0 Å². The minimum Gasteiger partial charge on any atom is -0.394 e. The summed E-state index contributed by atoms with van der Waals surface area (Å²) in [6.45, 7) is 2.51. The molecule has 2 heterocycles. The van der Waals surface area contributed by atoms with E-state index >= 15 is 0 Å². The Balaban J connectivity index is 1.68. The summed E-state index contributed by atoms with van der Waals surface area (Å²) in [5.41, 5.74) is 0. The van der Waals surface area contributed by atoms with Gasteiger partial charge in [0.25, 0.3) is 0 Å². The number of carbonyl (C=O) groups excluding carboxylic acids is 1. The topological polar surface area (TPSA) is 228 Å². The van der Waals surface area contributed by atoms with Gasteiger partial charge in [-0.3, -0.25) is 4.79 Å². The molecule has 2 aliphatic heterocycles. The van der Waals surface area contributed by atoms with E-state index in [1.807, 2.05) is 6.92 Å². The van der Waals surface area contributed by atoms with Gasteiger partial charge in [0, 0.05) is 6.42 Å². The first kappa shape index (κ1) is 54.1. The third-order valence-electron chi connectivity index (χ3n) is 11.0. The number of aliphatic hydroxyl groups excluding tert-OH is 8. The van der Waals surface area contributed by atoms with E-state index < -0.39 is 86.8 Å². The fraction of sp³-hybridized carbons (Fsp3) is 0.804. The summed E-state index contributed by atoms with van der Waals surface area (Å²) in [4.78, 5) is 13.0. The zero-order chi connectivity index (χ0) is 44.0. The van der Waals surface area contributed by atoms with Crippen LogP contribution in [0, 0.1) is 0 Å². The quantitative estimate of drug-likeness (QED) is 0.0327. The number of hydrogen-bond donors (Lipinski definition) is 9. The molecule has 0 aromatic heterocycles. The van der Waals surface area contributed by atoms with Crippen molar-refractivity contribution in [3.63, 3.8) is 0 Å². The first-order chi connectivity index (χ1) is 29.1. The van der Waals surface area contributed by atoms with Crippen LogP contribution in [0.4, 0.5) is 0 Å². The molecular formula is C46H81NO13. The summed E-state index contributed by atoms with van der Waals surface area (Å²) in [5, 5.41) is 85.7. The molecule has 60 heavy (non-hydrogen) atoms. The predicted octanol–water partition coefficient (Wildman–Crippen LogP) is 4.54. The van der Waals surface area contributed by atoms with Crippen LogP contribution < -0.4 is 5.32 Å². The molecule has 0 aromatic carbocycles. The van der Waals surface area contributed by atoms with Gasteiger partial charge < -0.3 is 65.1 Å². The maximum absolute atomic E-state index is 13.0. The Kier molecular flexibility index (Phi) is 30.2. The zero-order valence-corrected chi connectivity index (χ0v) is 36.4. The van der Waals surface area contributed by atoms with E-state index in [0.717, 1.165) is 51.4 Å². The molecule has 2 saturated heterocycles. The normalized spacial score (nSPS) is 28.7. The van der Waals surface area contributed by atoms with Crippen molar-refractivity contribution >= 4 is 5.91 Å². The molecular weight excluding hydrogens is 774 g/mol. The number of allylic oxidation sites excluding steroid dienone is 7. The fourth-order valence-electron chi connectivity index (χ4n) is 7.18. The molecule has 0 aromatic rings. The predicted molar refractivity (Wildman–Crippen MR) is 231 cm³/mol. The van der Waals surface area contributed by atoms with Crippen molar-refractivity contribution in [3.05, 3.63) is 48.6 Å². The fourth-order valence-corrected chi connectivity index (χ4v) is 7.18. The standard InChI is InChI=1S/C46H81NO13/c1-3-5-7-8-9-10-11-12-13-14-15-16-17-18-19-20-21-22-23-24-25-26-28-30-38(51)47-34(35(50)29-27-6-4-2)33-57-45-43(56)41(54)44(37(32-49)59-45)60-46-42(55)40(53)39(52)36(31-48)58-46/h11-12,14-15,17-18,27,29,34-37,39-46,48-50,52-56H,3-10,13,16,19-26,28,30-33H2,1-2H3,(H,47,51)/b12-11-,15-14-,18-17-,29-27+. The Bertz CT molecular complexity index is 1200. The monoisotopic (exact) mass is 856 g/mol. The SMILES string of the molecule is CCC/C=C/C(O)C(COC1OC(CO)C(OC2OC(CO)C(O)C(O)C2O)C(O)C1O)NC(=O)CCCCCCCCCC/C=C\C/C=C\C/C=C\CCCCCCC. The number of aliphatic hydroxyl groups is 8. The van der Waals surface area contributed by atoms with E-state index in [0.29, 0.717) is 6.42 Å².